The average molecular weight is 229 g/mol. The van der Waals surface area contributed by atoms with Gasteiger partial charge in [0.1, 0.15) is 6.54 Å². The molecule has 0 atom stereocenters. The smallest absolute Gasteiger partial charge is 0.323 e. The quantitative estimate of drug-likeness (QED) is 0.494. The fraction of sp³-hybridized carbons (Fsp3) is 0.667. The van der Waals surface area contributed by atoms with E-state index in [0.717, 1.165) is 12.8 Å². The molecule has 7 heteroatoms. The van der Waals surface area contributed by atoms with Crippen LogP contribution in [0.5, 0.6) is 0 Å². The fourth-order valence-electron chi connectivity index (χ4n) is 1.30. The zero-order valence-corrected chi connectivity index (χ0v) is 8.81. The normalized spacial score (nSPS) is 14.3. The Bertz CT molecular complexity index is 301. The molecule has 0 aliphatic heterocycles. The summed E-state index contributed by atoms with van der Waals surface area (Å²) < 4.78 is 0. The summed E-state index contributed by atoms with van der Waals surface area (Å²) in [5, 5.41) is 11.0. The maximum atomic E-state index is 11.6. The fourth-order valence-corrected chi connectivity index (χ4v) is 1.30. The highest BCUT2D eigenvalue weighted by Crippen LogP contribution is 2.26. The van der Waals surface area contributed by atoms with E-state index < -0.39 is 11.9 Å². The lowest BCUT2D eigenvalue weighted by Crippen LogP contribution is -2.44. The molecule has 0 spiro atoms. The summed E-state index contributed by atoms with van der Waals surface area (Å²) in [4.78, 5) is 34.2. The van der Waals surface area contributed by atoms with Crippen LogP contribution in [0.4, 0.5) is 0 Å². The minimum atomic E-state index is -1.05. The second-order valence-corrected chi connectivity index (χ2v) is 3.63. The Balaban J connectivity index is 2.41. The molecule has 1 fully saturated rings. The number of carboxylic acid groups (broad SMARTS) is 1. The second kappa shape index (κ2) is 5.45. The third-order valence-electron chi connectivity index (χ3n) is 2.24. The number of nitrogens with zero attached hydrogens (tertiary/aromatic N) is 1. The topological polar surface area (TPSA) is 113 Å². The molecule has 0 saturated heterocycles. The molecule has 4 N–H and O–H groups in total. The van der Waals surface area contributed by atoms with Crippen molar-refractivity contribution in [2.75, 3.05) is 19.6 Å². The van der Waals surface area contributed by atoms with Gasteiger partial charge in [-0.2, -0.15) is 0 Å². The van der Waals surface area contributed by atoms with Gasteiger partial charge in [-0.1, -0.05) is 0 Å². The number of hydrogen-bond acceptors (Lipinski definition) is 4. The number of carboxylic acids is 1. The average Bonchev–Trinajstić information content (AvgIpc) is 3.05. The third-order valence-corrected chi connectivity index (χ3v) is 2.24. The van der Waals surface area contributed by atoms with Crippen LogP contribution in [0.25, 0.3) is 0 Å². The highest BCUT2D eigenvalue weighted by Gasteiger charge is 2.33. The molecule has 0 unspecified atom stereocenters. The van der Waals surface area contributed by atoms with Gasteiger partial charge in [0.15, 0.2) is 0 Å². The monoisotopic (exact) mass is 229 g/mol. The van der Waals surface area contributed by atoms with Gasteiger partial charge in [-0.25, -0.2) is 0 Å². The maximum Gasteiger partial charge on any atom is 0.323 e. The molecule has 0 aromatic heterocycles. The lowest BCUT2D eigenvalue weighted by molar-refractivity contribution is -0.144. The van der Waals surface area contributed by atoms with E-state index >= 15 is 0 Å². The Morgan fingerprint density at radius 3 is 2.44 bits per heavy atom. The maximum absolute atomic E-state index is 11.6. The first-order valence-electron chi connectivity index (χ1n) is 5.02. The predicted octanol–water partition coefficient (Wildman–Crippen LogP) is -1.86. The van der Waals surface area contributed by atoms with Crippen molar-refractivity contribution in [3.8, 4) is 0 Å². The van der Waals surface area contributed by atoms with Gasteiger partial charge in [0.05, 0.1) is 13.1 Å². The molecular formula is C9H15N3O4. The molecule has 7 nitrogen and oxygen atoms in total. The molecule has 2 amide bonds. The summed E-state index contributed by atoms with van der Waals surface area (Å²) in [5.41, 5.74) is 5.06. The Kier molecular flexibility index (Phi) is 4.24. The van der Waals surface area contributed by atoms with Crippen molar-refractivity contribution in [1.82, 2.24) is 10.2 Å². The first kappa shape index (κ1) is 12.4. The molecule has 0 bridgehead atoms. The number of nitrogens with one attached hydrogen (secondary N) is 1. The first-order chi connectivity index (χ1) is 7.54. The van der Waals surface area contributed by atoms with Crippen LogP contribution in [-0.4, -0.2) is 53.5 Å². The van der Waals surface area contributed by atoms with Crippen molar-refractivity contribution in [3.05, 3.63) is 0 Å². The SMILES string of the molecule is NCC(=O)NCC(=O)N(CC(=O)O)C1CC1. The number of hydrogen-bond donors (Lipinski definition) is 3. The minimum absolute atomic E-state index is 0.0124. The van der Waals surface area contributed by atoms with E-state index in [2.05, 4.69) is 5.32 Å². The van der Waals surface area contributed by atoms with Crippen LogP contribution in [0.15, 0.2) is 0 Å². The Hall–Kier alpha value is -1.63. The molecule has 0 aromatic rings. The summed E-state index contributed by atoms with van der Waals surface area (Å²) in [5.74, 6) is -1.86. The van der Waals surface area contributed by atoms with E-state index in [1.165, 1.54) is 4.90 Å². The van der Waals surface area contributed by atoms with Gasteiger partial charge in [0.25, 0.3) is 0 Å². The van der Waals surface area contributed by atoms with Crippen LogP contribution in [0.2, 0.25) is 0 Å². The van der Waals surface area contributed by atoms with E-state index in [9.17, 15) is 14.4 Å². The number of nitrogens with two attached hydrogens (primary N) is 1. The zero-order valence-electron chi connectivity index (χ0n) is 8.81. The lowest BCUT2D eigenvalue weighted by atomic mass is 10.4. The molecule has 16 heavy (non-hydrogen) atoms. The van der Waals surface area contributed by atoms with Gasteiger partial charge in [-0.3, -0.25) is 14.4 Å². The van der Waals surface area contributed by atoms with Crippen molar-refractivity contribution in [2.24, 2.45) is 5.73 Å². The minimum Gasteiger partial charge on any atom is -0.480 e. The molecule has 1 aliphatic carbocycles. The van der Waals surface area contributed by atoms with Gasteiger partial charge in [0.2, 0.25) is 11.8 Å². The van der Waals surface area contributed by atoms with E-state index in [1.807, 2.05) is 0 Å². The van der Waals surface area contributed by atoms with Gasteiger partial charge in [0, 0.05) is 6.04 Å². The molecule has 90 valence electrons. The summed E-state index contributed by atoms with van der Waals surface area (Å²) >= 11 is 0. The summed E-state index contributed by atoms with van der Waals surface area (Å²) in [7, 11) is 0. The van der Waals surface area contributed by atoms with E-state index in [-0.39, 0.29) is 31.6 Å². The van der Waals surface area contributed by atoms with Crippen molar-refractivity contribution < 1.29 is 19.5 Å². The van der Waals surface area contributed by atoms with Crippen LogP contribution < -0.4 is 11.1 Å². The zero-order chi connectivity index (χ0) is 12.1. The molecule has 1 saturated carbocycles. The standard InChI is InChI=1S/C9H15N3O4/c10-3-7(13)11-4-8(14)12(5-9(15)16)6-1-2-6/h6H,1-5,10H2,(H,11,13)(H,15,16). The van der Waals surface area contributed by atoms with Crippen LogP contribution in [0.3, 0.4) is 0 Å². The number of carbonyl (C=O) groups is 3. The summed E-state index contributed by atoms with van der Waals surface area (Å²) in [6.07, 6.45) is 1.65. The number of aliphatic carboxylic acids is 1. The predicted molar refractivity (Wildman–Crippen MR) is 54.4 cm³/mol. The first-order valence-corrected chi connectivity index (χ1v) is 5.02. The van der Waals surface area contributed by atoms with E-state index in [4.69, 9.17) is 10.8 Å². The molecule has 0 aromatic carbocycles. The summed E-state index contributed by atoms with van der Waals surface area (Å²) in [6, 6.07) is 0.0124. The van der Waals surface area contributed by atoms with Crippen LogP contribution in [0.1, 0.15) is 12.8 Å². The number of carbonyl (C=O) groups excluding carboxylic acids is 2. The Morgan fingerprint density at radius 1 is 1.38 bits per heavy atom. The van der Waals surface area contributed by atoms with E-state index in [1.54, 1.807) is 0 Å². The highest BCUT2D eigenvalue weighted by molar-refractivity contribution is 5.87. The van der Waals surface area contributed by atoms with Crippen molar-refractivity contribution in [3.63, 3.8) is 0 Å². The number of rotatable bonds is 6. The van der Waals surface area contributed by atoms with Crippen LogP contribution >= 0.6 is 0 Å². The largest absolute Gasteiger partial charge is 0.480 e. The van der Waals surface area contributed by atoms with Gasteiger partial charge >= 0.3 is 5.97 Å². The van der Waals surface area contributed by atoms with Crippen LogP contribution in [-0.2, 0) is 14.4 Å². The summed E-state index contributed by atoms with van der Waals surface area (Å²) in [6.45, 7) is -0.697. The van der Waals surface area contributed by atoms with Crippen LogP contribution in [0, 0.1) is 0 Å². The van der Waals surface area contributed by atoms with Crippen molar-refractivity contribution >= 4 is 17.8 Å². The highest BCUT2D eigenvalue weighted by atomic mass is 16.4. The van der Waals surface area contributed by atoms with Crippen molar-refractivity contribution in [1.29, 1.82) is 0 Å². The lowest BCUT2D eigenvalue weighted by Gasteiger charge is -2.20. The number of amides is 2. The molecule has 1 aliphatic rings. The Labute approximate surface area is 92.6 Å². The second-order valence-electron chi connectivity index (χ2n) is 3.63. The van der Waals surface area contributed by atoms with E-state index in [0.29, 0.717) is 0 Å². The molecular weight excluding hydrogens is 214 g/mol. The third kappa shape index (κ3) is 3.85. The molecule has 1 rings (SSSR count). The molecule has 0 radical (unpaired) electrons. The van der Waals surface area contributed by atoms with Gasteiger partial charge in [-0.05, 0) is 12.8 Å². The van der Waals surface area contributed by atoms with Crippen molar-refractivity contribution in [2.45, 2.75) is 18.9 Å². The molecule has 0 heterocycles. The Morgan fingerprint density at radius 2 is 2.00 bits per heavy atom. The van der Waals surface area contributed by atoms with Gasteiger partial charge in [-0.15, -0.1) is 0 Å². The van der Waals surface area contributed by atoms with Gasteiger partial charge < -0.3 is 21.1 Å².